The van der Waals surface area contributed by atoms with Gasteiger partial charge in [0, 0.05) is 176 Å². The third-order valence-electron chi connectivity index (χ3n) is 26.8. The molecule has 1 spiro atoms. The lowest BCUT2D eigenvalue weighted by molar-refractivity contribution is -0.187. The second kappa shape index (κ2) is 38.2. The number of likely N-dealkylation sites (tertiary alicyclic amines) is 1. The second-order valence-corrected chi connectivity index (χ2v) is 38.0. The van der Waals surface area contributed by atoms with Gasteiger partial charge in [-0.2, -0.15) is 54.8 Å². The third-order valence-corrected chi connectivity index (χ3v) is 27.0. The van der Waals surface area contributed by atoms with Crippen molar-refractivity contribution in [3.63, 3.8) is 0 Å². The van der Waals surface area contributed by atoms with Gasteiger partial charge in [0.05, 0.1) is 108 Å². The van der Waals surface area contributed by atoms with E-state index in [1.807, 2.05) is 77.9 Å². The molecule has 742 valence electrons. The summed E-state index contributed by atoms with van der Waals surface area (Å²) in [7, 11) is 0. The van der Waals surface area contributed by atoms with E-state index >= 15 is 0 Å². The number of fused-ring (bicyclic) bond motifs is 4. The molecule has 20 heterocycles. The van der Waals surface area contributed by atoms with Gasteiger partial charge in [0.2, 0.25) is 5.91 Å². The van der Waals surface area contributed by atoms with Crippen LogP contribution >= 0.6 is 11.6 Å². The van der Waals surface area contributed by atoms with Crippen molar-refractivity contribution in [1.29, 1.82) is 0 Å². The fourth-order valence-corrected chi connectivity index (χ4v) is 19.0. The second-order valence-electron chi connectivity index (χ2n) is 37.6. The first-order valence-corrected chi connectivity index (χ1v) is 46.4. The number of nitrogens with two attached hydrogens (primary N) is 1. The fraction of sp³-hybridized carbons (Fsp3) is 0.404. The monoisotopic (exact) mass is 1980 g/mol. The Morgan fingerprint density at radius 3 is 1.44 bits per heavy atom. The average molecular weight is 1980 g/mol. The van der Waals surface area contributed by atoms with Gasteiger partial charge in [0.25, 0.3) is 5.91 Å². The molecule has 5 N–H and O–H groups in total. The molecule has 2 aliphatic carbocycles. The molecule has 0 aromatic carbocycles. The van der Waals surface area contributed by atoms with Gasteiger partial charge in [0.1, 0.15) is 91.7 Å². The van der Waals surface area contributed by atoms with E-state index in [9.17, 15) is 63.4 Å². The number of carbonyl (C=O) groups is 3. The van der Waals surface area contributed by atoms with Gasteiger partial charge in [-0.15, -0.1) is 0 Å². The summed E-state index contributed by atoms with van der Waals surface area (Å²) in [5.74, 6) is 3.24. The number of pyridine rings is 4. The minimum Gasteiger partial charge on any atom is -0.444 e. The number of aromatic amines is 2. The Morgan fingerprint density at radius 1 is 0.542 bits per heavy atom. The third kappa shape index (κ3) is 19.7. The van der Waals surface area contributed by atoms with Gasteiger partial charge in [-0.05, 0) is 141 Å². The number of halogens is 11. The number of nitrogens with one attached hydrogen (secondary N) is 2. The fourth-order valence-electron chi connectivity index (χ4n) is 18.9. The van der Waals surface area contributed by atoms with Crippen LogP contribution in [0.4, 0.5) is 72.0 Å². The van der Waals surface area contributed by atoms with Gasteiger partial charge in [-0.1, -0.05) is 11.6 Å². The Labute approximate surface area is 808 Å². The average Bonchev–Trinajstić information content (AvgIpc) is 0.846. The quantitative estimate of drug-likeness (QED) is 0.0653. The SMILES string of the molecule is CC(C)(C)OC(=O)N1CC2(C1)OCCN(c1ccnc(-c3cnc4ccc(C(F)(F)F)cn34)n1)C2(C)C.CC(C)n1cc(C(=O)N2CCN(c3ccnc(-c4cnc5ccc(C(F)(F)F)cn45)n3)CC2c2cn[nH]c2)cn1.NC(=O)C1CN(c2ccnc(-c3cnc4cc(F)c(Cl)cn34)n2)CCN1C1CC1.OCC1CC(N2CCN(c3ccnc(-c4cnc5ccc(C(F)(F)F)cn45)n3)CC2c2cn[nH]c2)C1. The molecule has 5 aliphatic heterocycles. The number of piperazine rings is 3. The lowest BCUT2D eigenvalue weighted by Gasteiger charge is -2.62. The van der Waals surface area contributed by atoms with Crippen LogP contribution in [0.25, 0.3) is 68.7 Å². The van der Waals surface area contributed by atoms with Crippen molar-refractivity contribution in [2.45, 2.75) is 146 Å². The Morgan fingerprint density at radius 2 is 0.993 bits per heavy atom. The molecule has 0 bridgehead atoms. The number of aliphatic hydroxyl groups is 1. The predicted molar refractivity (Wildman–Crippen MR) is 499 cm³/mol. The number of hydrogen-bond acceptors (Lipinski definition) is 27. The Bertz CT molecular complexity index is 7110. The smallest absolute Gasteiger partial charge is 0.417 e. The molecular formula is C94H98ClF10N31O6. The highest BCUT2D eigenvalue weighted by Crippen LogP contribution is 2.46. The van der Waals surface area contributed by atoms with Gasteiger partial charge < -0.3 is 49.7 Å². The van der Waals surface area contributed by atoms with Crippen LogP contribution in [0, 0.1) is 11.7 Å². The molecule has 48 heteroatoms. The molecule has 3 atom stereocenters. The van der Waals surface area contributed by atoms with Gasteiger partial charge in [-0.25, -0.2) is 69.0 Å². The first-order chi connectivity index (χ1) is 67.8. The van der Waals surface area contributed by atoms with E-state index in [2.05, 4.69) is 99.8 Å². The molecule has 7 aliphatic rings. The van der Waals surface area contributed by atoms with Crippen LogP contribution in [0.2, 0.25) is 5.02 Å². The molecule has 3 unspecified atom stereocenters. The summed E-state index contributed by atoms with van der Waals surface area (Å²) in [4.78, 5) is 108. The van der Waals surface area contributed by atoms with E-state index in [-0.39, 0.29) is 65.4 Å². The number of morpholine rings is 1. The van der Waals surface area contributed by atoms with E-state index in [1.54, 1.807) is 86.8 Å². The highest BCUT2D eigenvalue weighted by atomic mass is 35.5. The van der Waals surface area contributed by atoms with Gasteiger partial charge in [-0.3, -0.25) is 51.9 Å². The number of anilines is 4. The highest BCUT2D eigenvalue weighted by Gasteiger charge is 2.61. The molecule has 2 saturated carbocycles. The van der Waals surface area contributed by atoms with Gasteiger partial charge in [0.15, 0.2) is 23.3 Å². The summed E-state index contributed by atoms with van der Waals surface area (Å²) in [6, 6.07) is 15.9. The first-order valence-electron chi connectivity index (χ1n) is 46.0. The van der Waals surface area contributed by atoms with Crippen LogP contribution in [0.1, 0.15) is 130 Å². The number of aliphatic hydroxyl groups excluding tert-OH is 1. The lowest BCUT2D eigenvalue weighted by atomic mass is 9.74. The van der Waals surface area contributed by atoms with Crippen molar-refractivity contribution in [2.75, 3.05) is 111 Å². The van der Waals surface area contributed by atoms with Crippen LogP contribution in [0.5, 0.6) is 0 Å². The first kappa shape index (κ1) is 96.4. The minimum absolute atomic E-state index is 0.00611. The lowest BCUT2D eigenvalue weighted by Crippen LogP contribution is -2.80. The van der Waals surface area contributed by atoms with E-state index in [0.29, 0.717) is 163 Å². The summed E-state index contributed by atoms with van der Waals surface area (Å²) >= 11 is 5.93. The minimum atomic E-state index is -4.49. The van der Waals surface area contributed by atoms with Crippen LogP contribution in [0.15, 0.2) is 178 Å². The van der Waals surface area contributed by atoms with E-state index in [0.717, 1.165) is 99.8 Å². The number of imidazole rings is 4. The molecule has 15 aromatic rings. The van der Waals surface area contributed by atoms with E-state index in [4.69, 9.17) is 36.8 Å². The highest BCUT2D eigenvalue weighted by molar-refractivity contribution is 6.30. The molecular weight excluding hydrogens is 1880 g/mol. The summed E-state index contributed by atoms with van der Waals surface area (Å²) in [5, 5.41) is 27.7. The van der Waals surface area contributed by atoms with Crippen LogP contribution < -0.4 is 25.3 Å². The zero-order valence-electron chi connectivity index (χ0n) is 77.8. The molecule has 7 fully saturated rings. The number of alkyl halides is 9. The molecule has 5 saturated heterocycles. The molecule has 15 aromatic heterocycles. The van der Waals surface area contributed by atoms with Crippen LogP contribution in [0.3, 0.4) is 0 Å². The number of H-pyrrole nitrogens is 2. The Hall–Kier alpha value is -14.5. The van der Waals surface area contributed by atoms with Crippen LogP contribution in [-0.4, -0.2) is 277 Å². The maximum absolute atomic E-state index is 13.7. The largest absolute Gasteiger partial charge is 0.444 e. The van der Waals surface area contributed by atoms with E-state index < -0.39 is 57.8 Å². The van der Waals surface area contributed by atoms with E-state index in [1.165, 1.54) is 62.3 Å². The number of nitrogens with zero attached hydrogens (tertiary/aromatic N) is 28. The molecule has 0 radical (unpaired) electrons. The maximum Gasteiger partial charge on any atom is 0.417 e. The number of rotatable bonds is 16. The summed E-state index contributed by atoms with van der Waals surface area (Å²) in [6.07, 6.45) is 17.8. The number of aromatic nitrogens is 22. The molecule has 3 amide bonds. The Kier molecular flexibility index (Phi) is 25.9. The molecule has 37 nitrogen and oxygen atoms in total. The predicted octanol–water partition coefficient (Wildman–Crippen LogP) is 13.3. The zero-order chi connectivity index (χ0) is 99.8. The number of hydrogen-bond donors (Lipinski definition) is 4. The van der Waals surface area contributed by atoms with Crippen LogP contribution in [-0.2, 0) is 32.8 Å². The molecule has 142 heavy (non-hydrogen) atoms. The number of carbonyl (C=O) groups excluding carboxylic acids is 3. The normalized spacial score (nSPS) is 19.6. The number of ether oxygens (including phenoxy) is 2. The standard InChI is InChI=1S/C26H25F3N10O.C25H29F3N6O3.C24H25F3N8O.C19H19ClFN7O/c1-16(2)39-13-18(11-34-39)25(40)37-8-7-36(15-21(37)17-9-32-33-10-17)23-5-6-30-24(35-23)20-12-31-22-4-3-19(14-38(20)22)26(27,28)29;1-22(2,3)37-21(35)32-14-24(15-32)23(4,5)34(10-11-36-24)19-8-9-29-20(31-19)17-12-30-18-7-6-16(13-33(17)18)25(26,27)28;25-24(26,27)17-1-2-21-29-11-19(35(21)12-17)23-28-4-3-22(32-23)33-5-6-34(18-7-15(8-18)14-36)20(13-33)16-9-30-31-10-16;20-12-9-28-14(8-24-17(28)7-13(12)21)19-23-4-3-16(25-19)26-5-6-27(11-1-2-11)15(10-26)18(22)29/h3-6,9-14,16,21H,7-8,15H2,1-2H3,(H,32,33);6-9,12-13H,10-11,14-15H2,1-5H3;1-4,9-12,15,18,20,36H,5-8,13-14H2,(H,30,31);3-4,7-9,11,15H,1-2,5-6,10H2,(H2,22,29). The van der Waals surface area contributed by atoms with Crippen molar-refractivity contribution in [2.24, 2.45) is 11.7 Å². The van der Waals surface area contributed by atoms with Crippen molar-refractivity contribution in [1.82, 2.24) is 127 Å². The van der Waals surface area contributed by atoms with Crippen molar-refractivity contribution < 1.29 is 72.9 Å². The van der Waals surface area contributed by atoms with Crippen molar-refractivity contribution >= 4 is 75.4 Å². The molecule has 22 rings (SSSR count). The maximum atomic E-state index is 13.7. The topological polar surface area (TPSA) is 389 Å². The Balaban J connectivity index is 0.000000121. The van der Waals surface area contributed by atoms with Gasteiger partial charge >= 0.3 is 24.6 Å². The zero-order valence-corrected chi connectivity index (χ0v) is 78.5. The summed E-state index contributed by atoms with van der Waals surface area (Å²) in [5.41, 5.74) is 7.19. The summed E-state index contributed by atoms with van der Waals surface area (Å²) < 4.78 is 153. The summed E-state index contributed by atoms with van der Waals surface area (Å²) in [6.45, 7) is 21.0. The van der Waals surface area contributed by atoms with Crippen molar-refractivity contribution in [3.05, 3.63) is 222 Å². The number of primary amides is 1. The number of amides is 3. The van der Waals surface area contributed by atoms with Crippen molar-refractivity contribution in [3.8, 4) is 46.1 Å².